The minimum Gasteiger partial charge on any atom is -0.296 e. The summed E-state index contributed by atoms with van der Waals surface area (Å²) in [7, 11) is 0. The molecule has 1 heterocycles. The van der Waals surface area contributed by atoms with Crippen molar-refractivity contribution in [2.24, 2.45) is 11.3 Å². The van der Waals surface area contributed by atoms with Crippen LogP contribution in [0, 0.1) is 22.7 Å². The number of hydrogen-bond acceptors (Lipinski definition) is 3. The van der Waals surface area contributed by atoms with Crippen molar-refractivity contribution in [1.82, 2.24) is 4.90 Å². The Bertz CT molecular complexity index is 616. The fourth-order valence-corrected chi connectivity index (χ4v) is 4.69. The minimum atomic E-state index is -0.642. The zero-order valence-electron chi connectivity index (χ0n) is 14.3. The first kappa shape index (κ1) is 16.2. The zero-order valence-corrected chi connectivity index (χ0v) is 14.3. The normalized spacial score (nSPS) is 30.6. The predicted molar refractivity (Wildman–Crippen MR) is 90.9 cm³/mol. The second-order valence-corrected chi connectivity index (χ2v) is 8.07. The highest BCUT2D eigenvalue weighted by atomic mass is 16.1. The second-order valence-electron chi connectivity index (χ2n) is 8.07. The van der Waals surface area contributed by atoms with E-state index in [1.165, 1.54) is 12.8 Å². The predicted octanol–water partition coefficient (Wildman–Crippen LogP) is 3.76. The molecule has 0 aromatic heterocycles. The Hall–Kier alpha value is -1.66. The number of rotatable bonds is 4. The van der Waals surface area contributed by atoms with Crippen molar-refractivity contribution in [2.75, 3.05) is 6.54 Å². The van der Waals surface area contributed by atoms with Gasteiger partial charge < -0.3 is 0 Å². The molecule has 0 radical (unpaired) electrons. The molecule has 122 valence electrons. The van der Waals surface area contributed by atoms with Crippen LogP contribution >= 0.6 is 0 Å². The number of Topliss-reactive ketones (excluding diaryl/α,β-unsaturated/α-hetero) is 1. The van der Waals surface area contributed by atoms with Crippen LogP contribution in [-0.2, 0) is 4.79 Å². The van der Waals surface area contributed by atoms with Crippen molar-refractivity contribution in [3.05, 3.63) is 35.9 Å². The number of ketones is 1. The van der Waals surface area contributed by atoms with E-state index < -0.39 is 5.92 Å². The molecule has 3 nitrogen and oxygen atoms in total. The van der Waals surface area contributed by atoms with Gasteiger partial charge in [0, 0.05) is 12.1 Å². The molecule has 0 unspecified atom stereocenters. The molecule has 23 heavy (non-hydrogen) atoms. The molecule has 0 spiro atoms. The number of carbonyl (C=O) groups is 1. The summed E-state index contributed by atoms with van der Waals surface area (Å²) in [6, 6.07) is 12.6. The van der Waals surface area contributed by atoms with Crippen molar-refractivity contribution < 1.29 is 4.79 Å². The van der Waals surface area contributed by atoms with E-state index >= 15 is 0 Å². The van der Waals surface area contributed by atoms with E-state index in [4.69, 9.17) is 0 Å². The van der Waals surface area contributed by atoms with E-state index in [9.17, 15) is 10.1 Å². The Kier molecular flexibility index (Phi) is 4.29. The van der Waals surface area contributed by atoms with E-state index in [0.29, 0.717) is 30.0 Å². The zero-order chi connectivity index (χ0) is 16.6. The van der Waals surface area contributed by atoms with Crippen LogP contribution in [0.4, 0.5) is 0 Å². The van der Waals surface area contributed by atoms with Gasteiger partial charge in [0.05, 0.1) is 12.6 Å². The lowest BCUT2D eigenvalue weighted by Crippen LogP contribution is -2.40. The summed E-state index contributed by atoms with van der Waals surface area (Å²) in [4.78, 5) is 15.1. The Morgan fingerprint density at radius 2 is 2.04 bits per heavy atom. The van der Waals surface area contributed by atoms with Gasteiger partial charge in [-0.2, -0.15) is 5.26 Å². The van der Waals surface area contributed by atoms with Crippen LogP contribution in [-0.4, -0.2) is 29.3 Å². The van der Waals surface area contributed by atoms with Crippen molar-refractivity contribution in [3.8, 4) is 6.07 Å². The summed E-state index contributed by atoms with van der Waals surface area (Å²) in [5, 5.41) is 9.47. The molecular formula is C20H26N2O. The van der Waals surface area contributed by atoms with Gasteiger partial charge in [0.1, 0.15) is 5.92 Å². The molecule has 2 aliphatic rings. The fraction of sp³-hybridized carbons (Fsp3) is 0.600. The monoisotopic (exact) mass is 310 g/mol. The van der Waals surface area contributed by atoms with Crippen LogP contribution in [0.2, 0.25) is 0 Å². The number of nitrogens with zero attached hydrogens (tertiary/aromatic N) is 2. The lowest BCUT2D eigenvalue weighted by Gasteiger charge is -2.35. The number of hydrogen-bond donors (Lipinski definition) is 0. The van der Waals surface area contributed by atoms with Crippen LogP contribution in [0.1, 0.15) is 51.5 Å². The summed E-state index contributed by atoms with van der Waals surface area (Å²) in [6.07, 6.45) is 3.61. The summed E-state index contributed by atoms with van der Waals surface area (Å²) < 4.78 is 0. The number of benzene rings is 1. The van der Waals surface area contributed by atoms with E-state index in [1.807, 2.05) is 30.3 Å². The molecule has 1 aliphatic heterocycles. The lowest BCUT2D eigenvalue weighted by atomic mass is 9.71. The molecule has 0 N–H and O–H groups in total. The van der Waals surface area contributed by atoms with Crippen LogP contribution in [0.15, 0.2) is 30.3 Å². The number of nitriles is 1. The Morgan fingerprint density at radius 1 is 1.35 bits per heavy atom. The summed E-state index contributed by atoms with van der Waals surface area (Å²) in [6.45, 7) is 7.34. The lowest BCUT2D eigenvalue weighted by molar-refractivity contribution is -0.121. The maximum atomic E-state index is 12.8. The Morgan fingerprint density at radius 3 is 2.70 bits per heavy atom. The minimum absolute atomic E-state index is 0.0379. The van der Waals surface area contributed by atoms with Crippen LogP contribution in [0.25, 0.3) is 0 Å². The van der Waals surface area contributed by atoms with Crippen molar-refractivity contribution in [3.63, 3.8) is 0 Å². The highest BCUT2D eigenvalue weighted by Crippen LogP contribution is 2.48. The second kappa shape index (κ2) is 6.09. The maximum absolute atomic E-state index is 12.8. The van der Waals surface area contributed by atoms with Gasteiger partial charge >= 0.3 is 0 Å². The van der Waals surface area contributed by atoms with Crippen LogP contribution in [0.5, 0.6) is 0 Å². The number of likely N-dealkylation sites (tertiary alicyclic amines) is 1. The van der Waals surface area contributed by atoms with E-state index in [1.54, 1.807) is 0 Å². The average Bonchev–Trinajstić information content (AvgIpc) is 2.72. The van der Waals surface area contributed by atoms with Gasteiger partial charge in [-0.05, 0) is 43.1 Å². The SMILES string of the molecule is C[C@@H]1[C@H]2C[C@@H](CC(C)(C)C2)N1CC(=O)[C@@H](C#N)c1ccccc1. The third kappa shape index (κ3) is 3.19. The molecule has 2 fully saturated rings. The van der Waals surface area contributed by atoms with Gasteiger partial charge in [0.25, 0.3) is 0 Å². The van der Waals surface area contributed by atoms with Crippen molar-refractivity contribution >= 4 is 5.78 Å². The molecule has 3 rings (SSSR count). The molecule has 1 saturated carbocycles. The van der Waals surface area contributed by atoms with Crippen molar-refractivity contribution in [2.45, 2.75) is 58.0 Å². The Balaban J connectivity index is 1.74. The number of fused-ring (bicyclic) bond motifs is 2. The molecule has 4 atom stereocenters. The molecular weight excluding hydrogens is 284 g/mol. The van der Waals surface area contributed by atoms with Crippen molar-refractivity contribution in [1.29, 1.82) is 5.26 Å². The van der Waals surface area contributed by atoms with Crippen LogP contribution in [0.3, 0.4) is 0 Å². The van der Waals surface area contributed by atoms with Gasteiger partial charge in [-0.15, -0.1) is 0 Å². The third-order valence-corrected chi connectivity index (χ3v) is 5.77. The standard InChI is InChI=1S/C20H26N2O/c1-14-16-9-17(11-20(2,3)10-16)22(14)13-19(23)18(12-21)15-7-5-4-6-8-15/h4-8,14,16-18H,9-11,13H2,1-3H3/t14-,16+,17+,18+/m1/s1. The first-order valence-electron chi connectivity index (χ1n) is 8.64. The third-order valence-electron chi connectivity index (χ3n) is 5.77. The Labute approximate surface area is 139 Å². The molecule has 1 aliphatic carbocycles. The molecule has 2 bridgehead atoms. The fourth-order valence-electron chi connectivity index (χ4n) is 4.69. The largest absolute Gasteiger partial charge is 0.296 e. The summed E-state index contributed by atoms with van der Waals surface area (Å²) in [5.74, 6) is 0.0848. The smallest absolute Gasteiger partial charge is 0.168 e. The molecule has 1 aromatic carbocycles. The van der Waals surface area contributed by atoms with Gasteiger partial charge in [-0.1, -0.05) is 44.2 Å². The molecule has 3 heteroatoms. The molecule has 1 saturated heterocycles. The average molecular weight is 310 g/mol. The topological polar surface area (TPSA) is 44.1 Å². The maximum Gasteiger partial charge on any atom is 0.168 e. The van der Waals surface area contributed by atoms with Gasteiger partial charge in [0.15, 0.2) is 5.78 Å². The first-order chi connectivity index (χ1) is 10.9. The van der Waals surface area contributed by atoms with E-state index in [0.717, 1.165) is 12.0 Å². The quantitative estimate of drug-likeness (QED) is 0.850. The molecule has 0 amide bonds. The highest BCUT2D eigenvalue weighted by Gasteiger charge is 2.47. The van der Waals surface area contributed by atoms with Crippen LogP contribution < -0.4 is 0 Å². The van der Waals surface area contributed by atoms with Gasteiger partial charge in [-0.25, -0.2) is 0 Å². The van der Waals surface area contributed by atoms with Gasteiger partial charge in [0.2, 0.25) is 0 Å². The molecule has 1 aromatic rings. The highest BCUT2D eigenvalue weighted by molar-refractivity contribution is 5.90. The van der Waals surface area contributed by atoms with E-state index in [-0.39, 0.29) is 5.78 Å². The summed E-state index contributed by atoms with van der Waals surface area (Å²) >= 11 is 0. The van der Waals surface area contributed by atoms with E-state index in [2.05, 4.69) is 31.7 Å². The number of carbonyl (C=O) groups excluding carboxylic acids is 1. The van der Waals surface area contributed by atoms with Gasteiger partial charge in [-0.3, -0.25) is 9.69 Å². The summed E-state index contributed by atoms with van der Waals surface area (Å²) in [5.41, 5.74) is 1.18. The first-order valence-corrected chi connectivity index (χ1v) is 8.64.